The fraction of sp³-hybridized carbons (Fsp3) is 0.278. The number of nitrogens with zero attached hydrogens (tertiary/aromatic N) is 1. The predicted molar refractivity (Wildman–Crippen MR) is 99.2 cm³/mol. The topological polar surface area (TPSA) is 84.9 Å². The highest BCUT2D eigenvalue weighted by atomic mass is 32.2. The Bertz CT molecular complexity index is 964. The van der Waals surface area contributed by atoms with Crippen molar-refractivity contribution >= 4 is 27.3 Å². The van der Waals surface area contributed by atoms with Crippen LogP contribution in [0.3, 0.4) is 0 Å². The summed E-state index contributed by atoms with van der Waals surface area (Å²) in [5.74, 6) is -0.0939. The maximum absolute atomic E-state index is 13.5. The van der Waals surface area contributed by atoms with E-state index in [1.165, 1.54) is 25.1 Å². The summed E-state index contributed by atoms with van der Waals surface area (Å²) in [6, 6.07) is 8.87. The molecule has 0 aromatic heterocycles. The summed E-state index contributed by atoms with van der Waals surface area (Å²) >= 11 is 0. The minimum absolute atomic E-state index is 0.0716. The SMILES string of the molecule is C[C@H](C(=O)Nc1ccc2c(c1)OCCO2)N(c1cccc(F)c1)S(C)(=O)=O. The molecule has 0 spiro atoms. The van der Waals surface area contributed by atoms with Gasteiger partial charge in [-0.1, -0.05) is 6.07 Å². The first kappa shape index (κ1) is 19.0. The average molecular weight is 394 g/mol. The lowest BCUT2D eigenvalue weighted by Gasteiger charge is -2.28. The first-order valence-electron chi connectivity index (χ1n) is 8.21. The molecule has 2 aromatic carbocycles. The normalized spacial score (nSPS) is 14.3. The fourth-order valence-electron chi connectivity index (χ4n) is 2.79. The van der Waals surface area contributed by atoms with Gasteiger partial charge in [-0.05, 0) is 37.3 Å². The molecule has 9 heteroatoms. The summed E-state index contributed by atoms with van der Waals surface area (Å²) in [7, 11) is -3.82. The van der Waals surface area contributed by atoms with Crippen LogP contribution < -0.4 is 19.1 Å². The Morgan fingerprint density at radius 1 is 1.15 bits per heavy atom. The summed E-state index contributed by atoms with van der Waals surface area (Å²) in [5.41, 5.74) is 0.506. The smallest absolute Gasteiger partial charge is 0.247 e. The largest absolute Gasteiger partial charge is 0.486 e. The van der Waals surface area contributed by atoms with Crippen LogP contribution in [0.25, 0.3) is 0 Å². The highest BCUT2D eigenvalue weighted by Crippen LogP contribution is 2.32. The molecule has 1 heterocycles. The number of benzene rings is 2. The third kappa shape index (κ3) is 4.30. The molecule has 0 radical (unpaired) electrons. The Kier molecular flexibility index (Phi) is 5.22. The lowest BCUT2D eigenvalue weighted by Crippen LogP contribution is -2.45. The van der Waals surface area contributed by atoms with E-state index in [2.05, 4.69) is 5.32 Å². The molecule has 1 N–H and O–H groups in total. The predicted octanol–water partition coefficient (Wildman–Crippen LogP) is 2.39. The van der Waals surface area contributed by atoms with Gasteiger partial charge in [0.2, 0.25) is 15.9 Å². The molecule has 0 saturated carbocycles. The number of hydrogen-bond acceptors (Lipinski definition) is 5. The number of halogens is 1. The molecule has 7 nitrogen and oxygen atoms in total. The van der Waals surface area contributed by atoms with Gasteiger partial charge < -0.3 is 14.8 Å². The first-order chi connectivity index (χ1) is 12.8. The van der Waals surface area contributed by atoms with E-state index in [1.807, 2.05) is 0 Å². The Morgan fingerprint density at radius 3 is 2.52 bits per heavy atom. The van der Waals surface area contributed by atoms with Crippen molar-refractivity contribution in [3.63, 3.8) is 0 Å². The monoisotopic (exact) mass is 394 g/mol. The summed E-state index contributed by atoms with van der Waals surface area (Å²) < 4.78 is 49.7. The summed E-state index contributed by atoms with van der Waals surface area (Å²) in [6.07, 6.45) is 0.964. The Morgan fingerprint density at radius 2 is 1.85 bits per heavy atom. The molecule has 0 bridgehead atoms. The molecule has 0 saturated heterocycles. The van der Waals surface area contributed by atoms with E-state index in [-0.39, 0.29) is 5.69 Å². The van der Waals surface area contributed by atoms with E-state index in [1.54, 1.807) is 18.2 Å². The number of ether oxygens (including phenoxy) is 2. The maximum atomic E-state index is 13.5. The van der Waals surface area contributed by atoms with Gasteiger partial charge in [0.1, 0.15) is 25.1 Å². The molecule has 0 fully saturated rings. The van der Waals surface area contributed by atoms with Crippen LogP contribution in [0.4, 0.5) is 15.8 Å². The molecule has 1 atom stereocenters. The van der Waals surface area contributed by atoms with Crippen molar-refractivity contribution in [2.75, 3.05) is 29.1 Å². The van der Waals surface area contributed by atoms with Crippen LogP contribution in [0, 0.1) is 5.82 Å². The van der Waals surface area contributed by atoms with Crippen molar-refractivity contribution in [1.82, 2.24) is 0 Å². The minimum Gasteiger partial charge on any atom is -0.486 e. The van der Waals surface area contributed by atoms with E-state index in [9.17, 15) is 17.6 Å². The van der Waals surface area contributed by atoms with Crippen molar-refractivity contribution in [3.05, 3.63) is 48.3 Å². The minimum atomic E-state index is -3.82. The quantitative estimate of drug-likeness (QED) is 0.842. The van der Waals surface area contributed by atoms with Crippen LogP contribution >= 0.6 is 0 Å². The maximum Gasteiger partial charge on any atom is 0.247 e. The van der Waals surface area contributed by atoms with Crippen molar-refractivity contribution in [1.29, 1.82) is 0 Å². The number of carbonyl (C=O) groups excluding carboxylic acids is 1. The Hall–Kier alpha value is -2.81. The first-order valence-corrected chi connectivity index (χ1v) is 10.1. The van der Waals surface area contributed by atoms with Crippen LogP contribution in [0.2, 0.25) is 0 Å². The number of anilines is 2. The fourth-order valence-corrected chi connectivity index (χ4v) is 3.96. The number of nitrogens with one attached hydrogen (secondary N) is 1. The number of amides is 1. The zero-order chi connectivity index (χ0) is 19.6. The molecular weight excluding hydrogens is 375 g/mol. The van der Waals surface area contributed by atoms with Crippen molar-refractivity contribution < 1.29 is 27.1 Å². The standard InChI is InChI=1S/C18H19FN2O5S/c1-12(21(27(2,23)24)15-5-3-4-13(19)10-15)18(22)20-14-6-7-16-17(11-14)26-9-8-25-16/h3-7,10-12H,8-9H2,1-2H3,(H,20,22)/t12-/m1/s1. The van der Waals surface area contributed by atoms with Crippen LogP contribution in [-0.4, -0.2) is 39.8 Å². The van der Waals surface area contributed by atoms with Gasteiger partial charge in [-0.2, -0.15) is 0 Å². The van der Waals surface area contributed by atoms with Crippen LogP contribution in [0.5, 0.6) is 11.5 Å². The lowest BCUT2D eigenvalue weighted by atomic mass is 10.2. The summed E-state index contributed by atoms with van der Waals surface area (Å²) in [5, 5.41) is 2.65. The summed E-state index contributed by atoms with van der Waals surface area (Å²) in [4.78, 5) is 12.6. The number of rotatable bonds is 5. The van der Waals surface area contributed by atoms with E-state index in [0.717, 1.165) is 16.6 Å². The summed E-state index contributed by atoms with van der Waals surface area (Å²) in [6.45, 7) is 2.29. The third-order valence-corrected chi connectivity index (χ3v) is 5.20. The molecule has 1 amide bonds. The molecule has 0 unspecified atom stereocenters. The van der Waals surface area contributed by atoms with Crippen LogP contribution in [0.15, 0.2) is 42.5 Å². The number of hydrogen-bond donors (Lipinski definition) is 1. The third-order valence-electron chi connectivity index (χ3n) is 3.96. The molecular formula is C18H19FN2O5S. The number of fused-ring (bicyclic) bond motifs is 1. The van der Waals surface area contributed by atoms with Gasteiger partial charge >= 0.3 is 0 Å². The number of carbonyl (C=O) groups is 1. The van der Waals surface area contributed by atoms with Gasteiger partial charge in [-0.15, -0.1) is 0 Å². The highest BCUT2D eigenvalue weighted by molar-refractivity contribution is 7.92. The Labute approximate surface area is 156 Å². The zero-order valence-electron chi connectivity index (χ0n) is 14.8. The molecule has 144 valence electrons. The van der Waals surface area contributed by atoms with Crippen molar-refractivity contribution in [3.8, 4) is 11.5 Å². The van der Waals surface area contributed by atoms with E-state index in [0.29, 0.717) is 30.4 Å². The van der Waals surface area contributed by atoms with E-state index in [4.69, 9.17) is 9.47 Å². The second-order valence-corrected chi connectivity index (χ2v) is 7.92. The van der Waals surface area contributed by atoms with E-state index < -0.39 is 27.8 Å². The van der Waals surface area contributed by atoms with Crippen LogP contribution in [-0.2, 0) is 14.8 Å². The van der Waals surface area contributed by atoms with Gasteiger partial charge in [-0.3, -0.25) is 9.10 Å². The van der Waals surface area contributed by atoms with Gasteiger partial charge in [0.25, 0.3) is 0 Å². The highest BCUT2D eigenvalue weighted by Gasteiger charge is 2.29. The van der Waals surface area contributed by atoms with Gasteiger partial charge in [0.15, 0.2) is 11.5 Å². The molecule has 27 heavy (non-hydrogen) atoms. The number of sulfonamides is 1. The van der Waals surface area contributed by atoms with E-state index >= 15 is 0 Å². The van der Waals surface area contributed by atoms with Crippen LogP contribution in [0.1, 0.15) is 6.92 Å². The molecule has 3 rings (SSSR count). The van der Waals surface area contributed by atoms with Gasteiger partial charge in [0.05, 0.1) is 11.9 Å². The zero-order valence-corrected chi connectivity index (χ0v) is 15.6. The molecule has 2 aromatic rings. The average Bonchev–Trinajstić information content (AvgIpc) is 2.60. The lowest BCUT2D eigenvalue weighted by molar-refractivity contribution is -0.116. The van der Waals surface area contributed by atoms with Gasteiger partial charge in [0, 0.05) is 11.8 Å². The molecule has 1 aliphatic heterocycles. The van der Waals surface area contributed by atoms with Crippen molar-refractivity contribution in [2.24, 2.45) is 0 Å². The second-order valence-electron chi connectivity index (χ2n) is 6.06. The Balaban J connectivity index is 1.84. The molecule has 1 aliphatic rings. The molecule has 0 aliphatic carbocycles. The second kappa shape index (κ2) is 7.43. The van der Waals surface area contributed by atoms with Crippen molar-refractivity contribution in [2.45, 2.75) is 13.0 Å². The van der Waals surface area contributed by atoms with Gasteiger partial charge in [-0.25, -0.2) is 12.8 Å².